The summed E-state index contributed by atoms with van der Waals surface area (Å²) in [6.07, 6.45) is 0. The number of benzene rings is 6. The Hall–Kier alpha value is -3.97. The fourth-order valence-corrected chi connectivity index (χ4v) is 5.03. The van der Waals surface area contributed by atoms with Crippen molar-refractivity contribution in [2.75, 3.05) is 0 Å². The van der Waals surface area contributed by atoms with Crippen LogP contribution in [0.25, 0.3) is 64.9 Å². The highest BCUT2D eigenvalue weighted by Crippen LogP contribution is 2.41. The van der Waals surface area contributed by atoms with Gasteiger partial charge in [0.1, 0.15) is 0 Å². The minimum atomic E-state index is 1.04. The Labute approximate surface area is 173 Å². The van der Waals surface area contributed by atoms with Gasteiger partial charge in [-0.1, -0.05) is 91.0 Å². The van der Waals surface area contributed by atoms with Crippen molar-refractivity contribution in [1.29, 1.82) is 0 Å². The van der Waals surface area contributed by atoms with Crippen LogP contribution >= 0.6 is 0 Å². The van der Waals surface area contributed by atoms with E-state index in [1.165, 1.54) is 53.9 Å². The monoisotopic (exact) mass is 379 g/mol. The molecule has 0 aliphatic rings. The first kappa shape index (κ1) is 15.9. The first-order chi connectivity index (χ1) is 14.9. The molecule has 0 radical (unpaired) electrons. The van der Waals surface area contributed by atoms with Crippen LogP contribution in [0.1, 0.15) is 0 Å². The molecule has 0 amide bonds. The van der Waals surface area contributed by atoms with Crippen LogP contribution in [0.5, 0.6) is 0 Å². The van der Waals surface area contributed by atoms with Crippen molar-refractivity contribution in [2.24, 2.45) is 0 Å². The van der Waals surface area contributed by atoms with E-state index in [1.807, 2.05) is 0 Å². The largest absolute Gasteiger partial charge is 0.247 e. The van der Waals surface area contributed by atoms with Crippen molar-refractivity contribution in [2.45, 2.75) is 0 Å². The van der Waals surface area contributed by atoms with E-state index in [-0.39, 0.29) is 0 Å². The summed E-state index contributed by atoms with van der Waals surface area (Å²) in [4.78, 5) is 5.19. The molecule has 0 N–H and O–H groups in total. The molecule has 0 saturated heterocycles. The van der Waals surface area contributed by atoms with Gasteiger partial charge in [-0.2, -0.15) is 0 Å². The number of hydrogen-bond acceptors (Lipinski definition) is 1. The highest BCUT2D eigenvalue weighted by molar-refractivity contribution is 6.35. The summed E-state index contributed by atoms with van der Waals surface area (Å²) >= 11 is 0. The zero-order valence-corrected chi connectivity index (χ0v) is 16.3. The molecule has 0 aliphatic carbocycles. The molecule has 0 atom stereocenters. The van der Waals surface area contributed by atoms with E-state index in [0.717, 1.165) is 11.0 Å². The topological polar surface area (TPSA) is 12.9 Å². The lowest BCUT2D eigenvalue weighted by atomic mass is 9.90. The van der Waals surface area contributed by atoms with Gasteiger partial charge in [0, 0.05) is 16.2 Å². The lowest BCUT2D eigenvalue weighted by Crippen LogP contribution is -1.90. The van der Waals surface area contributed by atoms with Crippen molar-refractivity contribution >= 4 is 64.9 Å². The number of hydrogen-bond donors (Lipinski definition) is 0. The summed E-state index contributed by atoms with van der Waals surface area (Å²) in [5.74, 6) is 0. The molecule has 1 heteroatoms. The summed E-state index contributed by atoms with van der Waals surface area (Å²) in [7, 11) is 0. The maximum Gasteiger partial charge on any atom is 0.0800 e. The number of fused-ring (bicyclic) bond motifs is 11. The minimum Gasteiger partial charge on any atom is -0.247 e. The third-order valence-electron chi connectivity index (χ3n) is 6.38. The summed E-state index contributed by atoms with van der Waals surface area (Å²) in [5, 5.41) is 12.6. The van der Waals surface area contributed by atoms with E-state index in [9.17, 15) is 0 Å². The van der Waals surface area contributed by atoms with Crippen LogP contribution in [-0.4, -0.2) is 4.98 Å². The fourth-order valence-electron chi connectivity index (χ4n) is 5.03. The molecule has 1 heterocycles. The van der Waals surface area contributed by atoms with Gasteiger partial charge in [0.15, 0.2) is 0 Å². The Morgan fingerprint density at radius 1 is 0.400 bits per heavy atom. The highest BCUT2D eigenvalue weighted by atomic mass is 14.7. The molecule has 0 bridgehead atoms. The second kappa shape index (κ2) is 5.77. The molecule has 0 unspecified atom stereocenters. The van der Waals surface area contributed by atoms with Gasteiger partial charge in [0.05, 0.1) is 11.0 Å². The van der Waals surface area contributed by atoms with Crippen molar-refractivity contribution < 1.29 is 0 Å². The average Bonchev–Trinajstić information content (AvgIpc) is 2.82. The van der Waals surface area contributed by atoms with Crippen LogP contribution < -0.4 is 0 Å². The van der Waals surface area contributed by atoms with Crippen molar-refractivity contribution in [3.63, 3.8) is 0 Å². The Morgan fingerprint density at radius 2 is 1.00 bits per heavy atom. The minimum absolute atomic E-state index is 1.04. The SMILES string of the molecule is c1ccc2nc3c(cc2c1)c1ccc2ccccc2c1c1ccc2ccccc2c13. The third kappa shape index (κ3) is 2.04. The lowest BCUT2D eigenvalue weighted by Gasteiger charge is -2.15. The number of rotatable bonds is 0. The van der Waals surface area contributed by atoms with Crippen LogP contribution in [0.15, 0.2) is 103 Å². The molecule has 6 aromatic carbocycles. The molecule has 0 fully saturated rings. The van der Waals surface area contributed by atoms with Crippen LogP contribution in [0.3, 0.4) is 0 Å². The van der Waals surface area contributed by atoms with E-state index >= 15 is 0 Å². The second-order valence-corrected chi connectivity index (χ2v) is 8.00. The molecule has 1 aromatic heterocycles. The zero-order valence-electron chi connectivity index (χ0n) is 16.3. The molecule has 0 spiro atoms. The van der Waals surface area contributed by atoms with Crippen LogP contribution in [-0.2, 0) is 0 Å². The maximum absolute atomic E-state index is 5.19. The molecule has 138 valence electrons. The van der Waals surface area contributed by atoms with Crippen molar-refractivity contribution in [1.82, 2.24) is 4.98 Å². The van der Waals surface area contributed by atoms with Crippen LogP contribution in [0.4, 0.5) is 0 Å². The molecule has 7 rings (SSSR count). The average molecular weight is 379 g/mol. The summed E-state index contributed by atoms with van der Waals surface area (Å²) in [5.41, 5.74) is 2.13. The Morgan fingerprint density at radius 3 is 1.77 bits per heavy atom. The van der Waals surface area contributed by atoms with Crippen molar-refractivity contribution in [3.05, 3.63) is 103 Å². The predicted molar refractivity (Wildman–Crippen MR) is 129 cm³/mol. The first-order valence-electron chi connectivity index (χ1n) is 10.3. The Bertz CT molecular complexity index is 1780. The number of aromatic nitrogens is 1. The van der Waals surface area contributed by atoms with Gasteiger partial charge in [0.2, 0.25) is 0 Å². The summed E-state index contributed by atoms with van der Waals surface area (Å²) in [6.45, 7) is 0. The third-order valence-corrected chi connectivity index (χ3v) is 6.38. The first-order valence-corrected chi connectivity index (χ1v) is 10.3. The van der Waals surface area contributed by atoms with E-state index in [4.69, 9.17) is 4.98 Å². The van der Waals surface area contributed by atoms with Gasteiger partial charge >= 0.3 is 0 Å². The lowest BCUT2D eigenvalue weighted by molar-refractivity contribution is 1.52. The van der Waals surface area contributed by atoms with E-state index in [0.29, 0.717) is 0 Å². The molecule has 0 aliphatic heterocycles. The molecular formula is C29H17N. The Kier molecular flexibility index (Phi) is 3.06. The molecular weight excluding hydrogens is 362 g/mol. The van der Waals surface area contributed by atoms with Gasteiger partial charge in [-0.15, -0.1) is 0 Å². The van der Waals surface area contributed by atoms with E-state index in [2.05, 4.69) is 103 Å². The predicted octanol–water partition coefficient (Wildman–Crippen LogP) is 8.00. The van der Waals surface area contributed by atoms with Gasteiger partial charge in [-0.05, 0) is 49.8 Å². The summed E-state index contributed by atoms with van der Waals surface area (Å²) in [6, 6.07) is 37.1. The molecule has 0 saturated carbocycles. The quantitative estimate of drug-likeness (QED) is 0.192. The van der Waals surface area contributed by atoms with Gasteiger partial charge in [-0.25, -0.2) is 4.98 Å². The second-order valence-electron chi connectivity index (χ2n) is 8.00. The van der Waals surface area contributed by atoms with Crippen molar-refractivity contribution in [3.8, 4) is 0 Å². The van der Waals surface area contributed by atoms with Gasteiger partial charge < -0.3 is 0 Å². The normalized spacial score (nSPS) is 12.0. The van der Waals surface area contributed by atoms with Crippen LogP contribution in [0, 0.1) is 0 Å². The maximum atomic E-state index is 5.19. The van der Waals surface area contributed by atoms with Gasteiger partial charge in [-0.3, -0.25) is 0 Å². The van der Waals surface area contributed by atoms with E-state index < -0.39 is 0 Å². The molecule has 1 nitrogen and oxygen atoms in total. The smallest absolute Gasteiger partial charge is 0.0800 e. The number of nitrogens with zero attached hydrogens (tertiary/aromatic N) is 1. The molecule has 30 heavy (non-hydrogen) atoms. The molecule has 7 aromatic rings. The zero-order chi connectivity index (χ0) is 19.7. The van der Waals surface area contributed by atoms with Gasteiger partial charge in [0.25, 0.3) is 0 Å². The number of para-hydroxylation sites is 1. The fraction of sp³-hybridized carbons (Fsp3) is 0. The standard InChI is InChI=1S/C29H17N/c1-4-10-21-18(7-1)13-15-23-25-17-20-9-3-6-12-26(20)30-29(25)28-22-11-5-2-8-19(22)14-16-24(28)27(21)23/h1-17H. The summed E-state index contributed by atoms with van der Waals surface area (Å²) < 4.78 is 0. The van der Waals surface area contributed by atoms with Crippen LogP contribution in [0.2, 0.25) is 0 Å². The number of pyridine rings is 1. The highest BCUT2D eigenvalue weighted by Gasteiger charge is 2.15. The van der Waals surface area contributed by atoms with E-state index in [1.54, 1.807) is 0 Å². The Balaban J connectivity index is 1.90.